The van der Waals surface area contributed by atoms with E-state index in [1.54, 1.807) is 12.1 Å². The minimum absolute atomic E-state index is 0. The highest BCUT2D eigenvalue weighted by molar-refractivity contribution is 9.10. The first kappa shape index (κ1) is 14.2. The zero-order valence-electron chi connectivity index (χ0n) is 7.94. The summed E-state index contributed by atoms with van der Waals surface area (Å²) in [6.07, 6.45) is 0. The monoisotopic (exact) mass is 295 g/mol. The highest BCUT2D eigenvalue weighted by Gasteiger charge is 2.16. The van der Waals surface area contributed by atoms with E-state index in [-0.39, 0.29) is 18.2 Å². The van der Waals surface area contributed by atoms with Crippen LogP contribution in [0.3, 0.4) is 0 Å². The molecule has 0 unspecified atom stereocenters. The first-order valence-electron chi connectivity index (χ1n) is 3.88. The van der Waals surface area contributed by atoms with Crippen molar-refractivity contribution in [2.45, 2.75) is 6.04 Å². The largest absolute Gasteiger partial charge is 0.507 e. The van der Waals surface area contributed by atoms with Crippen molar-refractivity contribution in [2.24, 2.45) is 5.73 Å². The summed E-state index contributed by atoms with van der Waals surface area (Å²) in [5, 5.41) is 9.22. The van der Waals surface area contributed by atoms with Crippen LogP contribution < -0.4 is 5.73 Å². The number of benzene rings is 1. The standard InChI is InChI=1S/C9H10BrNO3.ClH/c1-14-9(13)8(11)5-2-3-7(12)6(10)4-5;/h2-4,8,12H,11H2,1H3;1H/t8-;/m0./s1. The van der Waals surface area contributed by atoms with Crippen molar-refractivity contribution < 1.29 is 14.6 Å². The van der Waals surface area contributed by atoms with E-state index in [2.05, 4.69) is 20.7 Å². The SMILES string of the molecule is COC(=O)[C@@H](N)c1ccc(O)c(Br)c1.Cl. The number of nitrogens with two attached hydrogens (primary N) is 1. The van der Waals surface area contributed by atoms with Crippen LogP contribution in [-0.4, -0.2) is 18.2 Å². The Morgan fingerprint density at radius 2 is 2.20 bits per heavy atom. The molecule has 0 aliphatic carbocycles. The maximum Gasteiger partial charge on any atom is 0.327 e. The first-order valence-corrected chi connectivity index (χ1v) is 4.67. The van der Waals surface area contributed by atoms with Gasteiger partial charge >= 0.3 is 5.97 Å². The quantitative estimate of drug-likeness (QED) is 0.816. The summed E-state index contributed by atoms with van der Waals surface area (Å²) in [6, 6.07) is 3.79. The summed E-state index contributed by atoms with van der Waals surface area (Å²) in [6.45, 7) is 0. The van der Waals surface area contributed by atoms with E-state index in [1.165, 1.54) is 13.2 Å². The Labute approximate surface area is 102 Å². The van der Waals surface area contributed by atoms with Crippen molar-refractivity contribution in [2.75, 3.05) is 7.11 Å². The number of carbonyl (C=O) groups excluding carboxylic acids is 1. The lowest BCUT2D eigenvalue weighted by atomic mass is 10.1. The van der Waals surface area contributed by atoms with Gasteiger partial charge in [0.15, 0.2) is 0 Å². The summed E-state index contributed by atoms with van der Waals surface area (Å²) >= 11 is 3.13. The van der Waals surface area contributed by atoms with Crippen LogP contribution in [0.15, 0.2) is 22.7 Å². The number of phenolic OH excluding ortho intramolecular Hbond substituents is 1. The molecule has 3 N–H and O–H groups in total. The molecule has 4 nitrogen and oxygen atoms in total. The lowest BCUT2D eigenvalue weighted by Crippen LogP contribution is -2.22. The minimum atomic E-state index is -0.822. The Morgan fingerprint density at radius 1 is 1.60 bits per heavy atom. The lowest BCUT2D eigenvalue weighted by molar-refractivity contribution is -0.142. The molecule has 0 fully saturated rings. The van der Waals surface area contributed by atoms with E-state index in [9.17, 15) is 9.90 Å². The molecular weight excluding hydrogens is 285 g/mol. The summed E-state index contributed by atoms with van der Waals surface area (Å²) in [4.78, 5) is 11.1. The smallest absolute Gasteiger partial charge is 0.327 e. The molecule has 1 atom stereocenters. The van der Waals surface area contributed by atoms with Crippen molar-refractivity contribution in [1.82, 2.24) is 0 Å². The molecule has 0 amide bonds. The van der Waals surface area contributed by atoms with Crippen LogP contribution in [0.1, 0.15) is 11.6 Å². The van der Waals surface area contributed by atoms with Crippen molar-refractivity contribution in [3.63, 3.8) is 0 Å². The summed E-state index contributed by atoms with van der Waals surface area (Å²) in [5.74, 6) is -0.409. The number of phenols is 1. The van der Waals surface area contributed by atoms with E-state index in [0.717, 1.165) is 0 Å². The van der Waals surface area contributed by atoms with Crippen LogP contribution in [0, 0.1) is 0 Å². The van der Waals surface area contributed by atoms with Crippen LogP contribution in [0.5, 0.6) is 5.75 Å². The fourth-order valence-electron chi connectivity index (χ4n) is 0.980. The number of carbonyl (C=O) groups is 1. The number of hydrogen-bond donors (Lipinski definition) is 2. The normalized spacial score (nSPS) is 11.4. The second-order valence-electron chi connectivity index (χ2n) is 2.71. The number of hydrogen-bond acceptors (Lipinski definition) is 4. The Kier molecular flexibility index (Phi) is 5.64. The second kappa shape index (κ2) is 5.95. The van der Waals surface area contributed by atoms with E-state index >= 15 is 0 Å². The molecule has 0 saturated carbocycles. The number of halogens is 2. The Balaban J connectivity index is 0.00000196. The summed E-state index contributed by atoms with van der Waals surface area (Å²) in [7, 11) is 1.28. The molecule has 1 rings (SSSR count). The van der Waals surface area contributed by atoms with Gasteiger partial charge in [-0.05, 0) is 33.6 Å². The molecule has 0 saturated heterocycles. The molecule has 15 heavy (non-hydrogen) atoms. The topological polar surface area (TPSA) is 72.5 Å². The number of methoxy groups -OCH3 is 1. The highest BCUT2D eigenvalue weighted by atomic mass is 79.9. The molecular formula is C9H11BrClNO3. The molecule has 1 aromatic rings. The number of esters is 1. The Bertz CT molecular complexity index is 359. The Hall–Kier alpha value is -0.780. The van der Waals surface area contributed by atoms with Crippen molar-refractivity contribution in [3.05, 3.63) is 28.2 Å². The molecule has 0 aliphatic heterocycles. The molecule has 0 heterocycles. The van der Waals surface area contributed by atoms with Gasteiger partial charge in [0.05, 0.1) is 11.6 Å². The molecule has 84 valence electrons. The molecule has 0 bridgehead atoms. The van der Waals surface area contributed by atoms with Gasteiger partial charge in [-0.2, -0.15) is 0 Å². The predicted molar refractivity (Wildman–Crippen MR) is 62.0 cm³/mol. The highest BCUT2D eigenvalue weighted by Crippen LogP contribution is 2.26. The van der Waals surface area contributed by atoms with Gasteiger partial charge in [-0.25, -0.2) is 0 Å². The van der Waals surface area contributed by atoms with Gasteiger partial charge in [-0.15, -0.1) is 12.4 Å². The fourth-order valence-corrected chi connectivity index (χ4v) is 1.38. The maximum absolute atomic E-state index is 11.1. The van der Waals surface area contributed by atoms with Gasteiger partial charge in [0.25, 0.3) is 0 Å². The maximum atomic E-state index is 11.1. The van der Waals surface area contributed by atoms with E-state index < -0.39 is 12.0 Å². The molecule has 0 radical (unpaired) electrons. The van der Waals surface area contributed by atoms with Crippen LogP contribution in [-0.2, 0) is 9.53 Å². The van der Waals surface area contributed by atoms with Gasteiger partial charge in [0.1, 0.15) is 11.8 Å². The van der Waals surface area contributed by atoms with Gasteiger partial charge in [-0.3, -0.25) is 4.79 Å². The van der Waals surface area contributed by atoms with Gasteiger partial charge in [-0.1, -0.05) is 6.07 Å². The van der Waals surface area contributed by atoms with Crippen LogP contribution in [0.25, 0.3) is 0 Å². The molecule has 1 aromatic carbocycles. The average molecular weight is 297 g/mol. The molecule has 0 aromatic heterocycles. The van der Waals surface area contributed by atoms with Gasteiger partial charge in [0.2, 0.25) is 0 Å². The zero-order chi connectivity index (χ0) is 10.7. The van der Waals surface area contributed by atoms with Crippen LogP contribution in [0.4, 0.5) is 0 Å². The van der Waals surface area contributed by atoms with Gasteiger partial charge < -0.3 is 15.6 Å². The van der Waals surface area contributed by atoms with Crippen LogP contribution >= 0.6 is 28.3 Å². The second-order valence-corrected chi connectivity index (χ2v) is 3.57. The lowest BCUT2D eigenvalue weighted by Gasteiger charge is -2.10. The minimum Gasteiger partial charge on any atom is -0.507 e. The summed E-state index contributed by atoms with van der Waals surface area (Å²) in [5.41, 5.74) is 6.18. The Morgan fingerprint density at radius 3 is 2.67 bits per heavy atom. The van der Waals surface area contributed by atoms with Crippen molar-refractivity contribution in [3.8, 4) is 5.75 Å². The average Bonchev–Trinajstić information content (AvgIpc) is 2.20. The van der Waals surface area contributed by atoms with E-state index in [4.69, 9.17) is 5.73 Å². The van der Waals surface area contributed by atoms with E-state index in [1.807, 2.05) is 0 Å². The number of ether oxygens (including phenoxy) is 1. The summed E-state index contributed by atoms with van der Waals surface area (Å²) < 4.78 is 4.99. The molecule has 0 aliphatic rings. The fraction of sp³-hybridized carbons (Fsp3) is 0.222. The van der Waals surface area contributed by atoms with E-state index in [0.29, 0.717) is 10.0 Å². The molecule has 0 spiro atoms. The van der Waals surface area contributed by atoms with Gasteiger partial charge in [0, 0.05) is 0 Å². The number of aromatic hydroxyl groups is 1. The first-order chi connectivity index (χ1) is 6.56. The third-order valence-electron chi connectivity index (χ3n) is 1.79. The third-order valence-corrected chi connectivity index (χ3v) is 2.42. The van der Waals surface area contributed by atoms with Crippen molar-refractivity contribution >= 4 is 34.3 Å². The molecule has 6 heteroatoms. The third kappa shape index (κ3) is 3.37. The predicted octanol–water partition coefficient (Wildman–Crippen LogP) is 1.75. The zero-order valence-corrected chi connectivity index (χ0v) is 10.3. The number of rotatable bonds is 2. The van der Waals surface area contributed by atoms with Crippen molar-refractivity contribution in [1.29, 1.82) is 0 Å². The van der Waals surface area contributed by atoms with Crippen LogP contribution in [0.2, 0.25) is 0 Å².